The van der Waals surface area contributed by atoms with Crippen LogP contribution in [0.1, 0.15) is 38.2 Å². The van der Waals surface area contributed by atoms with E-state index < -0.39 is 17.8 Å². The number of hydrogen-bond donors (Lipinski definition) is 2. The van der Waals surface area contributed by atoms with Crippen molar-refractivity contribution in [1.82, 2.24) is 5.32 Å². The van der Waals surface area contributed by atoms with Gasteiger partial charge in [-0.05, 0) is 62.1 Å². The molecule has 2 fully saturated rings. The monoisotopic (exact) mass is 326 g/mol. The second-order valence-electron chi connectivity index (χ2n) is 6.80. The van der Waals surface area contributed by atoms with E-state index in [1.807, 2.05) is 6.92 Å². The van der Waals surface area contributed by atoms with Gasteiger partial charge < -0.3 is 10.6 Å². The van der Waals surface area contributed by atoms with Crippen LogP contribution in [-0.4, -0.2) is 12.1 Å². The smallest absolute Gasteiger partial charge is 0.335 e. The minimum Gasteiger partial charge on any atom is -0.335 e. The van der Waals surface area contributed by atoms with Crippen LogP contribution in [0.25, 0.3) is 0 Å². The van der Waals surface area contributed by atoms with E-state index in [0.29, 0.717) is 11.8 Å². The minimum absolute atomic E-state index is 0.0381. The van der Waals surface area contributed by atoms with E-state index in [1.165, 1.54) is 31.4 Å². The summed E-state index contributed by atoms with van der Waals surface area (Å²) >= 11 is 0. The largest absolute Gasteiger partial charge is 0.416 e. The van der Waals surface area contributed by atoms with Crippen molar-refractivity contribution in [3.05, 3.63) is 29.8 Å². The van der Waals surface area contributed by atoms with Crippen molar-refractivity contribution in [2.24, 2.45) is 17.8 Å². The Kier molecular flexibility index (Phi) is 4.25. The van der Waals surface area contributed by atoms with Gasteiger partial charge in [-0.2, -0.15) is 13.2 Å². The molecule has 0 radical (unpaired) electrons. The maximum Gasteiger partial charge on any atom is 0.416 e. The number of hydrogen-bond acceptors (Lipinski definition) is 1. The van der Waals surface area contributed by atoms with Gasteiger partial charge in [0.15, 0.2) is 0 Å². The summed E-state index contributed by atoms with van der Waals surface area (Å²) in [6, 6.07) is 4.27. The summed E-state index contributed by atoms with van der Waals surface area (Å²) in [6.07, 6.45) is 0.521. The van der Waals surface area contributed by atoms with Crippen molar-refractivity contribution < 1.29 is 18.0 Å². The Labute approximate surface area is 133 Å². The lowest BCUT2D eigenvalue weighted by Gasteiger charge is -2.28. The first kappa shape index (κ1) is 16.1. The Hall–Kier alpha value is -1.72. The molecule has 2 amide bonds. The number of carbonyl (C=O) groups excluding carboxylic acids is 1. The predicted molar refractivity (Wildman–Crippen MR) is 82.0 cm³/mol. The van der Waals surface area contributed by atoms with Gasteiger partial charge in [0.25, 0.3) is 0 Å². The summed E-state index contributed by atoms with van der Waals surface area (Å²) in [5.74, 6) is 1.96. The number of nitrogens with one attached hydrogen (secondary N) is 2. The maximum atomic E-state index is 12.7. The second-order valence-corrected chi connectivity index (χ2v) is 6.80. The zero-order valence-corrected chi connectivity index (χ0v) is 13.0. The third-order valence-corrected chi connectivity index (χ3v) is 5.24. The van der Waals surface area contributed by atoms with E-state index in [4.69, 9.17) is 0 Å². The van der Waals surface area contributed by atoms with Gasteiger partial charge in [0.05, 0.1) is 5.56 Å². The Morgan fingerprint density at radius 3 is 2.65 bits per heavy atom. The molecule has 23 heavy (non-hydrogen) atoms. The van der Waals surface area contributed by atoms with Crippen LogP contribution in [0.4, 0.5) is 23.7 Å². The first-order valence-electron chi connectivity index (χ1n) is 8.07. The number of benzene rings is 1. The number of rotatable bonds is 3. The van der Waals surface area contributed by atoms with Crippen LogP contribution in [0.15, 0.2) is 24.3 Å². The Morgan fingerprint density at radius 1 is 1.26 bits per heavy atom. The molecule has 0 spiro atoms. The lowest BCUT2D eigenvalue weighted by molar-refractivity contribution is -0.137. The highest BCUT2D eigenvalue weighted by Crippen LogP contribution is 2.49. The fraction of sp³-hybridized carbons (Fsp3) is 0.588. The highest BCUT2D eigenvalue weighted by molar-refractivity contribution is 5.89. The molecule has 2 saturated carbocycles. The molecule has 2 aliphatic carbocycles. The third kappa shape index (κ3) is 3.62. The van der Waals surface area contributed by atoms with Crippen LogP contribution in [0.5, 0.6) is 0 Å². The highest BCUT2D eigenvalue weighted by Gasteiger charge is 2.42. The molecular formula is C17H21F3N2O. The van der Waals surface area contributed by atoms with Crippen LogP contribution in [0, 0.1) is 17.8 Å². The Bertz CT molecular complexity index is 587. The number of anilines is 1. The van der Waals surface area contributed by atoms with Gasteiger partial charge in [-0.1, -0.05) is 12.5 Å². The van der Waals surface area contributed by atoms with Crippen LogP contribution in [-0.2, 0) is 6.18 Å². The van der Waals surface area contributed by atoms with E-state index in [0.717, 1.165) is 24.5 Å². The number of alkyl halides is 3. The molecule has 0 heterocycles. The Balaban J connectivity index is 1.57. The maximum absolute atomic E-state index is 12.7. The van der Waals surface area contributed by atoms with Crippen LogP contribution >= 0.6 is 0 Å². The molecule has 1 aromatic carbocycles. The molecule has 4 atom stereocenters. The van der Waals surface area contributed by atoms with Gasteiger partial charge >= 0.3 is 12.2 Å². The highest BCUT2D eigenvalue weighted by atomic mass is 19.4. The standard InChI is InChI=1S/C17H21F3N2O/c1-10(15-8-11-5-6-12(15)7-11)21-16(23)22-14-4-2-3-13(9-14)17(18,19)20/h2-4,9-12,15H,5-8H2,1H3,(H2,21,22,23)/t10-,11+,12+,15+/m1/s1. The Morgan fingerprint density at radius 2 is 2.04 bits per heavy atom. The zero-order valence-electron chi connectivity index (χ0n) is 13.0. The van der Waals surface area contributed by atoms with Crippen molar-refractivity contribution in [2.45, 2.75) is 44.8 Å². The van der Waals surface area contributed by atoms with Gasteiger partial charge in [0.1, 0.15) is 0 Å². The quantitative estimate of drug-likeness (QED) is 0.834. The van der Waals surface area contributed by atoms with E-state index >= 15 is 0 Å². The molecule has 3 rings (SSSR count). The van der Waals surface area contributed by atoms with Gasteiger partial charge in [-0.15, -0.1) is 0 Å². The summed E-state index contributed by atoms with van der Waals surface area (Å²) in [6.45, 7) is 1.98. The van der Waals surface area contributed by atoms with Gasteiger partial charge in [-0.25, -0.2) is 4.79 Å². The summed E-state index contributed by atoms with van der Waals surface area (Å²) < 4.78 is 38.0. The van der Waals surface area contributed by atoms with Gasteiger partial charge in [0, 0.05) is 11.7 Å². The van der Waals surface area contributed by atoms with Gasteiger partial charge in [-0.3, -0.25) is 0 Å². The predicted octanol–water partition coefficient (Wildman–Crippen LogP) is 4.65. The topological polar surface area (TPSA) is 41.1 Å². The SMILES string of the molecule is C[C@@H](NC(=O)Nc1cccc(C(F)(F)F)c1)[C@@H]1C[C@H]2CC[C@H]1C2. The number of carbonyl (C=O) groups is 1. The minimum atomic E-state index is -4.41. The van der Waals surface area contributed by atoms with E-state index in [1.54, 1.807) is 0 Å². The number of fused-ring (bicyclic) bond motifs is 2. The molecular weight excluding hydrogens is 305 g/mol. The normalized spacial score (nSPS) is 27.7. The molecule has 0 aliphatic heterocycles. The van der Waals surface area contributed by atoms with Crippen molar-refractivity contribution in [3.63, 3.8) is 0 Å². The summed E-state index contributed by atoms with van der Waals surface area (Å²) in [5, 5.41) is 5.38. The van der Waals surface area contributed by atoms with Gasteiger partial charge in [0.2, 0.25) is 0 Å². The van der Waals surface area contributed by atoms with E-state index in [-0.39, 0.29) is 11.7 Å². The van der Waals surface area contributed by atoms with E-state index in [9.17, 15) is 18.0 Å². The van der Waals surface area contributed by atoms with Crippen LogP contribution < -0.4 is 10.6 Å². The zero-order chi connectivity index (χ0) is 16.6. The van der Waals surface area contributed by atoms with E-state index in [2.05, 4.69) is 10.6 Å². The van der Waals surface area contributed by atoms with Crippen molar-refractivity contribution in [3.8, 4) is 0 Å². The summed E-state index contributed by atoms with van der Waals surface area (Å²) in [7, 11) is 0. The number of urea groups is 1. The molecule has 3 nitrogen and oxygen atoms in total. The second kappa shape index (κ2) is 6.06. The molecule has 2 bridgehead atoms. The fourth-order valence-electron chi connectivity index (χ4n) is 4.16. The van der Waals surface area contributed by atoms with Crippen LogP contribution in [0.3, 0.4) is 0 Å². The number of halogens is 3. The molecule has 2 N–H and O–H groups in total. The molecule has 1 aromatic rings. The first-order valence-corrected chi connectivity index (χ1v) is 8.07. The molecule has 2 aliphatic rings. The molecule has 6 heteroatoms. The molecule has 0 aromatic heterocycles. The first-order chi connectivity index (χ1) is 10.8. The molecule has 126 valence electrons. The molecule has 0 unspecified atom stereocenters. The average Bonchev–Trinajstić information content (AvgIpc) is 3.09. The lowest BCUT2D eigenvalue weighted by atomic mass is 9.84. The third-order valence-electron chi connectivity index (χ3n) is 5.24. The fourth-order valence-corrected chi connectivity index (χ4v) is 4.16. The van der Waals surface area contributed by atoms with Crippen molar-refractivity contribution >= 4 is 11.7 Å². The van der Waals surface area contributed by atoms with Crippen molar-refractivity contribution in [2.75, 3.05) is 5.32 Å². The summed E-state index contributed by atoms with van der Waals surface area (Å²) in [5.41, 5.74) is -0.617. The number of amides is 2. The van der Waals surface area contributed by atoms with Crippen LogP contribution in [0.2, 0.25) is 0 Å². The lowest BCUT2D eigenvalue weighted by Crippen LogP contribution is -2.42. The average molecular weight is 326 g/mol. The molecule has 0 saturated heterocycles. The summed E-state index contributed by atoms with van der Waals surface area (Å²) in [4.78, 5) is 12.0. The van der Waals surface area contributed by atoms with Crippen molar-refractivity contribution in [1.29, 1.82) is 0 Å².